The van der Waals surface area contributed by atoms with Crippen LogP contribution in [0.4, 0.5) is 0 Å². The van der Waals surface area contributed by atoms with Crippen molar-refractivity contribution in [1.82, 2.24) is 0 Å². The summed E-state index contributed by atoms with van der Waals surface area (Å²) in [6, 6.07) is 16.6. The van der Waals surface area contributed by atoms with Gasteiger partial charge >= 0.3 is 11.9 Å². The average Bonchev–Trinajstić information content (AvgIpc) is 2.86. The lowest BCUT2D eigenvalue weighted by atomic mass is 9.82. The molecule has 0 aromatic heterocycles. The van der Waals surface area contributed by atoms with E-state index >= 15 is 0 Å². The summed E-state index contributed by atoms with van der Waals surface area (Å²) in [5, 5.41) is 0. The van der Waals surface area contributed by atoms with Crippen molar-refractivity contribution in [2.24, 2.45) is 11.8 Å². The van der Waals surface area contributed by atoms with Crippen LogP contribution in [-0.2, 0) is 41.4 Å². The smallest absolute Gasteiger partial charge is 0.309 e. The molecule has 2 unspecified atom stereocenters. The number of benzene rings is 2. The fraction of sp³-hybridized carbons (Fsp3) is 0.517. The molecular weight excluding hydrogens is 444 g/mol. The van der Waals surface area contributed by atoms with Gasteiger partial charge in [0.2, 0.25) is 0 Å². The van der Waals surface area contributed by atoms with E-state index in [4.69, 9.17) is 18.9 Å². The van der Waals surface area contributed by atoms with Gasteiger partial charge in [0.05, 0.1) is 43.9 Å². The summed E-state index contributed by atoms with van der Waals surface area (Å²) < 4.78 is 22.6. The zero-order chi connectivity index (χ0) is 24.0. The first-order valence-electron chi connectivity index (χ1n) is 12.9. The third-order valence-corrected chi connectivity index (χ3v) is 7.51. The molecule has 0 bridgehead atoms. The number of ether oxygens (including phenoxy) is 4. The van der Waals surface area contributed by atoms with Crippen LogP contribution in [0.5, 0.6) is 0 Å². The second-order valence-corrected chi connectivity index (χ2v) is 9.76. The Bertz CT molecular complexity index is 1030. The van der Waals surface area contributed by atoms with E-state index in [2.05, 4.69) is 30.3 Å². The number of hydrogen-bond acceptors (Lipinski definition) is 6. The Morgan fingerprint density at radius 2 is 1.11 bits per heavy atom. The van der Waals surface area contributed by atoms with Crippen LogP contribution in [0.3, 0.4) is 0 Å². The van der Waals surface area contributed by atoms with Gasteiger partial charge in [-0.2, -0.15) is 0 Å². The first kappa shape index (κ1) is 24.0. The van der Waals surface area contributed by atoms with E-state index in [9.17, 15) is 9.59 Å². The number of rotatable bonds is 11. The van der Waals surface area contributed by atoms with Crippen LogP contribution in [-0.4, -0.2) is 38.4 Å². The van der Waals surface area contributed by atoms with Crippen molar-refractivity contribution >= 4 is 11.9 Å². The summed E-state index contributed by atoms with van der Waals surface area (Å²) in [5.74, 6) is -0.591. The third-order valence-electron chi connectivity index (χ3n) is 7.51. The second kappa shape index (κ2) is 11.4. The number of esters is 2. The molecule has 1 fully saturated rings. The topological polar surface area (TPSA) is 71.1 Å². The highest BCUT2D eigenvalue weighted by molar-refractivity contribution is 5.75. The van der Waals surface area contributed by atoms with Crippen LogP contribution in [0.15, 0.2) is 48.5 Å². The Kier molecular flexibility index (Phi) is 7.79. The van der Waals surface area contributed by atoms with Crippen molar-refractivity contribution in [3.05, 3.63) is 70.8 Å². The van der Waals surface area contributed by atoms with Crippen LogP contribution >= 0.6 is 0 Å². The maximum Gasteiger partial charge on any atom is 0.309 e. The normalized spacial score (nSPS) is 24.3. The first-order valence-corrected chi connectivity index (χ1v) is 12.9. The van der Waals surface area contributed by atoms with Gasteiger partial charge in [0.15, 0.2) is 0 Å². The molecule has 1 saturated carbocycles. The Morgan fingerprint density at radius 3 is 1.66 bits per heavy atom. The van der Waals surface area contributed by atoms with Gasteiger partial charge in [0.1, 0.15) is 6.61 Å². The SMILES string of the molecule is O=C(OCCCOC1Cc2ccccc21)C1CCC(C(=O)OCCOC2Cc3ccccc32)CC1. The van der Waals surface area contributed by atoms with Crippen molar-refractivity contribution in [2.45, 2.75) is 57.2 Å². The fourth-order valence-electron chi connectivity index (χ4n) is 5.31. The highest BCUT2D eigenvalue weighted by Crippen LogP contribution is 2.36. The van der Waals surface area contributed by atoms with Gasteiger partial charge in [-0.15, -0.1) is 0 Å². The third kappa shape index (κ3) is 5.76. The van der Waals surface area contributed by atoms with E-state index in [0.717, 1.165) is 12.8 Å². The molecule has 0 saturated heterocycles. The van der Waals surface area contributed by atoms with Gasteiger partial charge in [0, 0.05) is 19.3 Å². The molecule has 2 aromatic carbocycles. The summed E-state index contributed by atoms with van der Waals surface area (Å²) in [6.45, 7) is 1.64. The monoisotopic (exact) mass is 478 g/mol. The summed E-state index contributed by atoms with van der Waals surface area (Å²) in [6.07, 6.45) is 5.55. The molecule has 3 aliphatic rings. The minimum absolute atomic E-state index is 0.118. The zero-order valence-corrected chi connectivity index (χ0v) is 20.2. The Labute approximate surface area is 206 Å². The predicted molar refractivity (Wildman–Crippen MR) is 130 cm³/mol. The van der Waals surface area contributed by atoms with Crippen LogP contribution in [0.1, 0.15) is 66.6 Å². The highest BCUT2D eigenvalue weighted by Gasteiger charge is 2.32. The zero-order valence-electron chi connectivity index (χ0n) is 20.2. The number of carbonyl (C=O) groups is 2. The predicted octanol–water partition coefficient (Wildman–Crippen LogP) is 4.90. The molecule has 0 spiro atoms. The Hall–Kier alpha value is -2.70. The van der Waals surface area contributed by atoms with Crippen LogP contribution in [0.25, 0.3) is 0 Å². The highest BCUT2D eigenvalue weighted by atomic mass is 16.6. The molecule has 0 radical (unpaired) electrons. The Morgan fingerprint density at radius 1 is 0.629 bits per heavy atom. The molecular formula is C29H34O6. The molecule has 3 aliphatic carbocycles. The average molecular weight is 479 g/mol. The summed E-state index contributed by atoms with van der Waals surface area (Å²) in [4.78, 5) is 24.8. The standard InChI is InChI=1S/C29H34O6/c30-28(34-15-5-14-32-26-18-22-6-1-3-8-24(22)26)20-10-12-21(13-11-20)29(31)35-17-16-33-27-19-23-7-2-4-9-25(23)27/h1-4,6-9,20-21,26-27H,5,10-19H2. The van der Waals surface area contributed by atoms with Crippen molar-refractivity contribution in [3.63, 3.8) is 0 Å². The molecule has 2 atom stereocenters. The van der Waals surface area contributed by atoms with Gasteiger partial charge in [-0.25, -0.2) is 0 Å². The number of carbonyl (C=O) groups excluding carboxylic acids is 2. The number of fused-ring (bicyclic) bond motifs is 2. The van der Waals surface area contributed by atoms with E-state index in [-0.39, 0.29) is 42.6 Å². The lowest BCUT2D eigenvalue weighted by molar-refractivity contribution is -0.156. The van der Waals surface area contributed by atoms with E-state index < -0.39 is 0 Å². The van der Waals surface area contributed by atoms with Crippen molar-refractivity contribution in [2.75, 3.05) is 26.4 Å². The summed E-state index contributed by atoms with van der Waals surface area (Å²) in [5.41, 5.74) is 5.20. The largest absolute Gasteiger partial charge is 0.465 e. The lowest BCUT2D eigenvalue weighted by Crippen LogP contribution is -2.29. The van der Waals surface area contributed by atoms with Crippen LogP contribution in [0.2, 0.25) is 0 Å². The maximum atomic E-state index is 12.4. The van der Waals surface area contributed by atoms with Crippen LogP contribution in [0, 0.1) is 11.8 Å². The fourth-order valence-corrected chi connectivity index (χ4v) is 5.31. The quantitative estimate of drug-likeness (QED) is 0.338. The molecule has 35 heavy (non-hydrogen) atoms. The molecule has 6 nitrogen and oxygen atoms in total. The van der Waals surface area contributed by atoms with Crippen molar-refractivity contribution in [1.29, 1.82) is 0 Å². The van der Waals surface area contributed by atoms with E-state index in [1.165, 1.54) is 22.3 Å². The molecule has 186 valence electrons. The molecule has 2 aromatic rings. The van der Waals surface area contributed by atoms with Crippen molar-refractivity contribution in [3.8, 4) is 0 Å². The number of hydrogen-bond donors (Lipinski definition) is 0. The van der Waals surface area contributed by atoms with E-state index in [0.29, 0.717) is 51.9 Å². The molecule has 6 heteroatoms. The lowest BCUT2D eigenvalue weighted by Gasteiger charge is -2.30. The summed E-state index contributed by atoms with van der Waals surface area (Å²) >= 11 is 0. The molecule has 5 rings (SSSR count). The molecule has 0 heterocycles. The van der Waals surface area contributed by atoms with Gasteiger partial charge in [-0.05, 0) is 47.9 Å². The maximum absolute atomic E-state index is 12.4. The van der Waals surface area contributed by atoms with Crippen LogP contribution < -0.4 is 0 Å². The van der Waals surface area contributed by atoms with Gasteiger partial charge in [-0.1, -0.05) is 48.5 Å². The van der Waals surface area contributed by atoms with Gasteiger partial charge < -0.3 is 18.9 Å². The van der Waals surface area contributed by atoms with E-state index in [1.807, 2.05) is 18.2 Å². The Balaban J connectivity index is 0.902. The minimum atomic E-state index is -0.177. The van der Waals surface area contributed by atoms with Gasteiger partial charge in [0.25, 0.3) is 0 Å². The van der Waals surface area contributed by atoms with Crippen molar-refractivity contribution < 1.29 is 28.5 Å². The molecule has 0 aliphatic heterocycles. The molecule has 0 amide bonds. The first-order chi connectivity index (χ1) is 17.2. The molecule has 0 N–H and O–H groups in total. The summed E-state index contributed by atoms with van der Waals surface area (Å²) in [7, 11) is 0. The van der Waals surface area contributed by atoms with E-state index in [1.54, 1.807) is 0 Å². The minimum Gasteiger partial charge on any atom is -0.465 e. The second-order valence-electron chi connectivity index (χ2n) is 9.76. The van der Waals surface area contributed by atoms with Gasteiger partial charge in [-0.3, -0.25) is 9.59 Å².